The molecule has 0 aromatic heterocycles. The summed E-state index contributed by atoms with van der Waals surface area (Å²) in [7, 11) is 0. The number of aryl methyl sites for hydroxylation is 2. The van der Waals surface area contributed by atoms with Crippen LogP contribution in [0.1, 0.15) is 34.8 Å². The minimum absolute atomic E-state index is 0.455. The van der Waals surface area contributed by atoms with E-state index in [4.69, 9.17) is 4.74 Å². The predicted molar refractivity (Wildman–Crippen MR) is 80.1 cm³/mol. The van der Waals surface area contributed by atoms with Gasteiger partial charge in [0.05, 0.1) is 12.7 Å². The molecule has 0 saturated heterocycles. The summed E-state index contributed by atoms with van der Waals surface area (Å²) >= 11 is 0. The zero-order chi connectivity index (χ0) is 13.9. The molecule has 0 saturated carbocycles. The minimum atomic E-state index is -0.455. The van der Waals surface area contributed by atoms with E-state index in [1.807, 2.05) is 24.3 Å². The molecule has 2 aromatic carbocycles. The first-order valence-electron chi connectivity index (χ1n) is 7.22. The highest BCUT2D eigenvalue weighted by Gasteiger charge is 2.15. The van der Waals surface area contributed by atoms with Crippen molar-refractivity contribution in [2.45, 2.75) is 32.3 Å². The molecule has 0 spiro atoms. The normalized spacial score (nSPS) is 15.3. The summed E-state index contributed by atoms with van der Waals surface area (Å²) in [5, 5.41) is 10.5. The Morgan fingerprint density at radius 3 is 2.90 bits per heavy atom. The Morgan fingerprint density at radius 2 is 2.05 bits per heavy atom. The molecule has 1 aliphatic heterocycles. The lowest BCUT2D eigenvalue weighted by Gasteiger charge is -2.20. The molecule has 0 bridgehead atoms. The van der Waals surface area contributed by atoms with Crippen molar-refractivity contribution in [3.05, 3.63) is 64.7 Å². The summed E-state index contributed by atoms with van der Waals surface area (Å²) in [4.78, 5) is 0. The monoisotopic (exact) mass is 268 g/mol. The lowest BCUT2D eigenvalue weighted by atomic mass is 9.95. The van der Waals surface area contributed by atoms with Gasteiger partial charge in [0, 0.05) is 6.42 Å². The van der Waals surface area contributed by atoms with Crippen LogP contribution in [0.2, 0.25) is 0 Å². The molecule has 1 N–H and O–H groups in total. The van der Waals surface area contributed by atoms with Gasteiger partial charge >= 0.3 is 0 Å². The van der Waals surface area contributed by atoms with Crippen LogP contribution in [0, 0.1) is 6.92 Å². The van der Waals surface area contributed by atoms with Gasteiger partial charge in [-0.05, 0) is 54.2 Å². The first-order valence-corrected chi connectivity index (χ1v) is 7.22. The molecule has 3 rings (SSSR count). The molecule has 0 fully saturated rings. The largest absolute Gasteiger partial charge is 0.493 e. The van der Waals surface area contributed by atoms with Crippen LogP contribution >= 0.6 is 0 Å². The standard InChI is InChI=1S/C18H20O2/c1-13-5-2-3-6-14(13)12-17(19)15-8-9-18-16(11-15)7-4-10-20-18/h2-3,5-6,8-9,11,17,19H,4,7,10,12H2,1H3. The molecule has 20 heavy (non-hydrogen) atoms. The molecule has 104 valence electrons. The van der Waals surface area contributed by atoms with Gasteiger partial charge < -0.3 is 9.84 Å². The van der Waals surface area contributed by atoms with Crippen molar-refractivity contribution in [2.75, 3.05) is 6.61 Å². The Hall–Kier alpha value is -1.80. The molecule has 0 amide bonds. The Kier molecular flexibility index (Phi) is 3.75. The highest BCUT2D eigenvalue weighted by molar-refractivity contribution is 5.40. The van der Waals surface area contributed by atoms with E-state index in [0.717, 1.165) is 30.8 Å². The molecule has 0 aliphatic carbocycles. The number of rotatable bonds is 3. The van der Waals surface area contributed by atoms with Crippen LogP contribution in [0.25, 0.3) is 0 Å². The van der Waals surface area contributed by atoms with Crippen LogP contribution in [0.4, 0.5) is 0 Å². The number of benzene rings is 2. The van der Waals surface area contributed by atoms with Gasteiger partial charge in [0.15, 0.2) is 0 Å². The van der Waals surface area contributed by atoms with E-state index in [1.165, 1.54) is 16.7 Å². The lowest BCUT2D eigenvalue weighted by Crippen LogP contribution is -2.10. The molecule has 2 aromatic rings. The average molecular weight is 268 g/mol. The van der Waals surface area contributed by atoms with E-state index in [-0.39, 0.29) is 0 Å². The molecule has 1 heterocycles. The maximum absolute atomic E-state index is 10.5. The van der Waals surface area contributed by atoms with E-state index < -0.39 is 6.10 Å². The number of ether oxygens (including phenoxy) is 1. The fraction of sp³-hybridized carbons (Fsp3) is 0.333. The first-order chi connectivity index (χ1) is 9.74. The van der Waals surface area contributed by atoms with E-state index >= 15 is 0 Å². The van der Waals surface area contributed by atoms with Crippen molar-refractivity contribution in [1.29, 1.82) is 0 Å². The van der Waals surface area contributed by atoms with Gasteiger partial charge in [-0.1, -0.05) is 30.3 Å². The van der Waals surface area contributed by atoms with Crippen LogP contribution in [0.5, 0.6) is 5.75 Å². The van der Waals surface area contributed by atoms with Crippen molar-refractivity contribution < 1.29 is 9.84 Å². The van der Waals surface area contributed by atoms with Gasteiger partial charge in [0.2, 0.25) is 0 Å². The second-order valence-corrected chi connectivity index (χ2v) is 5.47. The van der Waals surface area contributed by atoms with Crippen LogP contribution in [0.15, 0.2) is 42.5 Å². The quantitative estimate of drug-likeness (QED) is 0.921. The first kappa shape index (κ1) is 13.2. The average Bonchev–Trinajstić information content (AvgIpc) is 2.49. The molecular weight excluding hydrogens is 248 g/mol. The van der Waals surface area contributed by atoms with Crippen molar-refractivity contribution in [2.24, 2.45) is 0 Å². The van der Waals surface area contributed by atoms with Crippen molar-refractivity contribution in [3.63, 3.8) is 0 Å². The lowest BCUT2D eigenvalue weighted by molar-refractivity contribution is 0.178. The van der Waals surface area contributed by atoms with Crippen LogP contribution < -0.4 is 4.74 Å². The fourth-order valence-corrected chi connectivity index (χ4v) is 2.75. The molecule has 0 radical (unpaired) electrons. The summed E-state index contributed by atoms with van der Waals surface area (Å²) in [6, 6.07) is 14.3. The number of hydrogen-bond donors (Lipinski definition) is 1. The minimum Gasteiger partial charge on any atom is -0.493 e. The summed E-state index contributed by atoms with van der Waals surface area (Å²) < 4.78 is 5.61. The summed E-state index contributed by atoms with van der Waals surface area (Å²) in [5.41, 5.74) is 4.64. The molecule has 2 heteroatoms. The summed E-state index contributed by atoms with van der Waals surface area (Å²) in [5.74, 6) is 0.975. The Balaban J connectivity index is 1.80. The van der Waals surface area contributed by atoms with Crippen molar-refractivity contribution >= 4 is 0 Å². The topological polar surface area (TPSA) is 29.5 Å². The number of aliphatic hydroxyl groups excluding tert-OH is 1. The van der Waals surface area contributed by atoms with Gasteiger partial charge in [-0.25, -0.2) is 0 Å². The van der Waals surface area contributed by atoms with E-state index in [0.29, 0.717) is 6.42 Å². The molecule has 1 atom stereocenters. The maximum atomic E-state index is 10.5. The zero-order valence-electron chi connectivity index (χ0n) is 11.8. The smallest absolute Gasteiger partial charge is 0.122 e. The second kappa shape index (κ2) is 5.68. The third-order valence-corrected chi connectivity index (χ3v) is 3.99. The van der Waals surface area contributed by atoms with Crippen molar-refractivity contribution in [3.8, 4) is 5.75 Å². The third kappa shape index (κ3) is 2.70. The van der Waals surface area contributed by atoms with Gasteiger partial charge in [-0.2, -0.15) is 0 Å². The molecule has 2 nitrogen and oxygen atoms in total. The molecular formula is C18H20O2. The second-order valence-electron chi connectivity index (χ2n) is 5.47. The number of hydrogen-bond acceptors (Lipinski definition) is 2. The van der Waals surface area contributed by atoms with Gasteiger partial charge in [-0.15, -0.1) is 0 Å². The van der Waals surface area contributed by atoms with Crippen molar-refractivity contribution in [1.82, 2.24) is 0 Å². The highest BCUT2D eigenvalue weighted by atomic mass is 16.5. The Labute approximate surface area is 120 Å². The zero-order valence-corrected chi connectivity index (χ0v) is 11.8. The summed E-state index contributed by atoms with van der Waals surface area (Å²) in [6.07, 6.45) is 2.31. The molecule has 1 aliphatic rings. The molecule has 1 unspecified atom stereocenters. The maximum Gasteiger partial charge on any atom is 0.122 e. The van der Waals surface area contributed by atoms with E-state index in [1.54, 1.807) is 0 Å². The summed E-state index contributed by atoms with van der Waals surface area (Å²) in [6.45, 7) is 2.89. The van der Waals surface area contributed by atoms with Crippen LogP contribution in [-0.4, -0.2) is 11.7 Å². The number of aliphatic hydroxyl groups is 1. The van der Waals surface area contributed by atoms with E-state index in [2.05, 4.69) is 25.1 Å². The Bertz CT molecular complexity index is 604. The van der Waals surface area contributed by atoms with E-state index in [9.17, 15) is 5.11 Å². The predicted octanol–water partition coefficient (Wildman–Crippen LogP) is 3.60. The SMILES string of the molecule is Cc1ccccc1CC(O)c1ccc2c(c1)CCCO2. The third-order valence-electron chi connectivity index (χ3n) is 3.99. The van der Waals surface area contributed by atoms with Gasteiger partial charge in [-0.3, -0.25) is 0 Å². The van der Waals surface area contributed by atoms with Gasteiger partial charge in [0.1, 0.15) is 5.75 Å². The van der Waals surface area contributed by atoms with Gasteiger partial charge in [0.25, 0.3) is 0 Å². The van der Waals surface area contributed by atoms with Crippen LogP contribution in [0.3, 0.4) is 0 Å². The van der Waals surface area contributed by atoms with Crippen LogP contribution in [-0.2, 0) is 12.8 Å². The highest BCUT2D eigenvalue weighted by Crippen LogP contribution is 2.29. The fourth-order valence-electron chi connectivity index (χ4n) is 2.75. The number of fused-ring (bicyclic) bond motifs is 1. The Morgan fingerprint density at radius 1 is 1.20 bits per heavy atom.